The van der Waals surface area contributed by atoms with Crippen LogP contribution in [-0.4, -0.2) is 31.3 Å². The molecule has 1 N–H and O–H groups in total. The molecule has 1 aliphatic rings. The van der Waals surface area contributed by atoms with Gasteiger partial charge in [0.2, 0.25) is 0 Å². The number of hydrogen-bond acceptors (Lipinski definition) is 4. The minimum Gasteiger partial charge on any atom is -0.380 e. The van der Waals surface area contributed by atoms with Crippen LogP contribution in [0.4, 0.5) is 11.5 Å². The van der Waals surface area contributed by atoms with E-state index in [1.54, 1.807) is 0 Å². The van der Waals surface area contributed by atoms with Crippen molar-refractivity contribution < 1.29 is 4.74 Å². The molecule has 1 aromatic carbocycles. The minimum absolute atomic E-state index is 0.787. The van der Waals surface area contributed by atoms with Crippen LogP contribution in [-0.2, 0) is 11.3 Å². The summed E-state index contributed by atoms with van der Waals surface area (Å²) in [6.45, 7) is 6.37. The molecule has 0 atom stereocenters. The highest BCUT2D eigenvalue weighted by Gasteiger charge is 2.11. The number of aromatic nitrogens is 1. The van der Waals surface area contributed by atoms with E-state index in [4.69, 9.17) is 4.74 Å². The highest BCUT2D eigenvalue weighted by Crippen LogP contribution is 2.16. The van der Waals surface area contributed by atoms with Crippen molar-refractivity contribution in [2.75, 3.05) is 36.5 Å². The molecule has 110 valence electrons. The first-order valence-corrected chi connectivity index (χ1v) is 7.40. The molecule has 4 heteroatoms. The van der Waals surface area contributed by atoms with Gasteiger partial charge in [-0.05, 0) is 30.2 Å². The summed E-state index contributed by atoms with van der Waals surface area (Å²) < 4.78 is 5.36. The molecular weight excluding hydrogens is 262 g/mol. The summed E-state index contributed by atoms with van der Waals surface area (Å²) in [5.74, 6) is 1.03. The van der Waals surface area contributed by atoms with Gasteiger partial charge in [-0.3, -0.25) is 0 Å². The van der Waals surface area contributed by atoms with Crippen LogP contribution in [0.25, 0.3) is 0 Å². The third-order valence-corrected chi connectivity index (χ3v) is 3.83. The first kappa shape index (κ1) is 13.9. The molecule has 0 bridgehead atoms. The van der Waals surface area contributed by atoms with Crippen molar-refractivity contribution in [3.05, 3.63) is 53.7 Å². The number of nitrogens with one attached hydrogen (secondary N) is 1. The number of aryl methyl sites for hydroxylation is 1. The van der Waals surface area contributed by atoms with E-state index >= 15 is 0 Å². The lowest BCUT2D eigenvalue weighted by atomic mass is 10.1. The van der Waals surface area contributed by atoms with Crippen molar-refractivity contribution in [1.29, 1.82) is 0 Å². The molecule has 3 rings (SSSR count). The standard InChI is InChI=1S/C17H21N3O/c1-14-4-2-3-5-15(14)12-18-16-6-7-17(19-13-16)20-8-10-21-11-9-20/h2-7,13,18H,8-12H2,1H3. The van der Waals surface area contributed by atoms with Crippen molar-refractivity contribution in [3.63, 3.8) is 0 Å². The molecule has 1 fully saturated rings. The van der Waals surface area contributed by atoms with E-state index in [2.05, 4.69) is 58.5 Å². The predicted molar refractivity (Wildman–Crippen MR) is 85.8 cm³/mol. The van der Waals surface area contributed by atoms with Gasteiger partial charge in [-0.15, -0.1) is 0 Å². The Balaban J connectivity index is 1.60. The van der Waals surface area contributed by atoms with Crippen molar-refractivity contribution in [1.82, 2.24) is 4.98 Å². The fraction of sp³-hybridized carbons (Fsp3) is 0.353. The molecule has 0 radical (unpaired) electrons. The average Bonchev–Trinajstić information content (AvgIpc) is 2.55. The van der Waals surface area contributed by atoms with Gasteiger partial charge < -0.3 is 15.0 Å². The van der Waals surface area contributed by atoms with Gasteiger partial charge in [0.15, 0.2) is 0 Å². The second-order valence-corrected chi connectivity index (χ2v) is 5.28. The molecule has 2 heterocycles. The number of morpholine rings is 1. The zero-order valence-electron chi connectivity index (χ0n) is 12.4. The maximum absolute atomic E-state index is 5.36. The van der Waals surface area contributed by atoms with Crippen LogP contribution < -0.4 is 10.2 Å². The van der Waals surface area contributed by atoms with E-state index in [0.717, 1.165) is 44.4 Å². The number of ether oxygens (including phenoxy) is 1. The molecule has 0 amide bonds. The normalized spacial score (nSPS) is 15.0. The quantitative estimate of drug-likeness (QED) is 0.936. The van der Waals surface area contributed by atoms with Crippen molar-refractivity contribution in [2.45, 2.75) is 13.5 Å². The van der Waals surface area contributed by atoms with E-state index < -0.39 is 0 Å². The molecule has 0 unspecified atom stereocenters. The SMILES string of the molecule is Cc1ccccc1CNc1ccc(N2CCOCC2)nc1. The summed E-state index contributed by atoms with van der Waals surface area (Å²) in [7, 11) is 0. The minimum atomic E-state index is 0.787. The largest absolute Gasteiger partial charge is 0.380 e. The highest BCUT2D eigenvalue weighted by atomic mass is 16.5. The van der Waals surface area contributed by atoms with E-state index in [9.17, 15) is 0 Å². The van der Waals surface area contributed by atoms with Crippen LogP contribution in [0.1, 0.15) is 11.1 Å². The highest BCUT2D eigenvalue weighted by molar-refractivity contribution is 5.49. The lowest BCUT2D eigenvalue weighted by Gasteiger charge is -2.27. The Labute approximate surface area is 125 Å². The number of hydrogen-bond donors (Lipinski definition) is 1. The number of anilines is 2. The van der Waals surface area contributed by atoms with E-state index in [-0.39, 0.29) is 0 Å². The summed E-state index contributed by atoms with van der Waals surface area (Å²) in [5, 5.41) is 3.43. The lowest BCUT2D eigenvalue weighted by Crippen LogP contribution is -2.36. The van der Waals surface area contributed by atoms with E-state index in [0.29, 0.717) is 0 Å². The Bertz CT molecular complexity index is 577. The summed E-state index contributed by atoms with van der Waals surface area (Å²) in [6.07, 6.45) is 1.91. The fourth-order valence-electron chi connectivity index (χ4n) is 2.48. The third kappa shape index (κ3) is 3.52. The Morgan fingerprint density at radius 1 is 1.14 bits per heavy atom. The topological polar surface area (TPSA) is 37.4 Å². The number of rotatable bonds is 4. The second-order valence-electron chi connectivity index (χ2n) is 5.28. The van der Waals surface area contributed by atoms with Crippen LogP contribution in [0.2, 0.25) is 0 Å². The van der Waals surface area contributed by atoms with Crippen molar-refractivity contribution >= 4 is 11.5 Å². The zero-order chi connectivity index (χ0) is 14.5. The zero-order valence-corrected chi connectivity index (χ0v) is 12.4. The van der Waals surface area contributed by atoms with Gasteiger partial charge in [-0.25, -0.2) is 4.98 Å². The second kappa shape index (κ2) is 6.59. The molecule has 4 nitrogen and oxygen atoms in total. The van der Waals surface area contributed by atoms with E-state index in [1.807, 2.05) is 6.20 Å². The average molecular weight is 283 g/mol. The van der Waals surface area contributed by atoms with Gasteiger partial charge in [-0.2, -0.15) is 0 Å². The van der Waals surface area contributed by atoms with Gasteiger partial charge in [-0.1, -0.05) is 24.3 Å². The van der Waals surface area contributed by atoms with Gasteiger partial charge in [0.05, 0.1) is 25.1 Å². The third-order valence-electron chi connectivity index (χ3n) is 3.83. The molecule has 2 aromatic rings. The first-order chi connectivity index (χ1) is 10.3. The summed E-state index contributed by atoms with van der Waals surface area (Å²) in [6, 6.07) is 12.6. The van der Waals surface area contributed by atoms with Gasteiger partial charge >= 0.3 is 0 Å². The van der Waals surface area contributed by atoms with Crippen LogP contribution in [0.5, 0.6) is 0 Å². The number of benzene rings is 1. The lowest BCUT2D eigenvalue weighted by molar-refractivity contribution is 0.122. The maximum Gasteiger partial charge on any atom is 0.128 e. The van der Waals surface area contributed by atoms with Crippen LogP contribution in [0.15, 0.2) is 42.6 Å². The molecule has 1 saturated heterocycles. The maximum atomic E-state index is 5.36. The molecule has 0 saturated carbocycles. The monoisotopic (exact) mass is 283 g/mol. The molecule has 0 aliphatic carbocycles. The van der Waals surface area contributed by atoms with Crippen LogP contribution in [0, 0.1) is 6.92 Å². The predicted octanol–water partition coefficient (Wildman–Crippen LogP) is 2.84. The molecule has 21 heavy (non-hydrogen) atoms. The summed E-state index contributed by atoms with van der Waals surface area (Å²) in [4.78, 5) is 6.80. The van der Waals surface area contributed by atoms with Crippen molar-refractivity contribution in [2.24, 2.45) is 0 Å². The van der Waals surface area contributed by atoms with Crippen LogP contribution in [0.3, 0.4) is 0 Å². The van der Waals surface area contributed by atoms with Gasteiger partial charge in [0, 0.05) is 19.6 Å². The van der Waals surface area contributed by atoms with Crippen LogP contribution >= 0.6 is 0 Å². The summed E-state index contributed by atoms with van der Waals surface area (Å²) >= 11 is 0. The Hall–Kier alpha value is -2.07. The Morgan fingerprint density at radius 2 is 1.95 bits per heavy atom. The van der Waals surface area contributed by atoms with E-state index in [1.165, 1.54) is 11.1 Å². The molecule has 1 aromatic heterocycles. The van der Waals surface area contributed by atoms with Crippen molar-refractivity contribution in [3.8, 4) is 0 Å². The number of pyridine rings is 1. The number of nitrogens with zero attached hydrogens (tertiary/aromatic N) is 2. The molecule has 0 spiro atoms. The summed E-state index contributed by atoms with van der Waals surface area (Å²) in [5.41, 5.74) is 3.67. The molecule has 1 aliphatic heterocycles. The van der Waals surface area contributed by atoms with Gasteiger partial charge in [0.25, 0.3) is 0 Å². The first-order valence-electron chi connectivity index (χ1n) is 7.40. The Morgan fingerprint density at radius 3 is 2.67 bits per heavy atom. The smallest absolute Gasteiger partial charge is 0.128 e. The van der Waals surface area contributed by atoms with Gasteiger partial charge in [0.1, 0.15) is 5.82 Å². The fourth-order valence-corrected chi connectivity index (χ4v) is 2.48. The molecular formula is C17H21N3O. The Kier molecular flexibility index (Phi) is 4.36.